The summed E-state index contributed by atoms with van der Waals surface area (Å²) in [6, 6.07) is 7.42. The first-order valence-electron chi connectivity index (χ1n) is 4.96. The minimum Gasteiger partial charge on any atom is -0.236 e. The van der Waals surface area contributed by atoms with Crippen LogP contribution in [0.2, 0.25) is 0 Å². The molecule has 1 heterocycles. The Morgan fingerprint density at radius 1 is 1.12 bits per heavy atom. The Bertz CT molecular complexity index is 660. The molecule has 0 spiro atoms. The minimum absolute atomic E-state index is 0.140. The Labute approximate surface area is 95.1 Å². The summed E-state index contributed by atoms with van der Waals surface area (Å²) in [5, 5.41) is 1.15. The molecule has 0 bridgehead atoms. The van der Waals surface area contributed by atoms with E-state index in [-0.39, 0.29) is 5.03 Å². The molecule has 0 unspecified atom stereocenters. The van der Waals surface area contributed by atoms with Crippen molar-refractivity contribution in [1.29, 1.82) is 0 Å². The number of fused-ring (bicyclic) bond motifs is 1. The zero-order chi connectivity index (χ0) is 11.9. The summed E-state index contributed by atoms with van der Waals surface area (Å²) in [6.07, 6.45) is 1.18. The van der Waals surface area contributed by atoms with E-state index in [1.54, 1.807) is 6.07 Å². The van der Waals surface area contributed by atoms with E-state index in [9.17, 15) is 8.42 Å². The van der Waals surface area contributed by atoms with E-state index < -0.39 is 9.84 Å². The van der Waals surface area contributed by atoms with E-state index in [0.29, 0.717) is 0 Å². The van der Waals surface area contributed by atoms with Crippen LogP contribution in [-0.2, 0) is 9.84 Å². The van der Waals surface area contributed by atoms with Gasteiger partial charge in [-0.3, -0.25) is 0 Å². The number of sulfone groups is 1. The van der Waals surface area contributed by atoms with Crippen molar-refractivity contribution in [2.45, 2.75) is 18.9 Å². The fourth-order valence-electron chi connectivity index (χ4n) is 1.67. The normalized spacial score (nSPS) is 11.9. The first kappa shape index (κ1) is 11.1. The second-order valence-electron chi connectivity index (χ2n) is 4.07. The van der Waals surface area contributed by atoms with Crippen LogP contribution < -0.4 is 0 Å². The van der Waals surface area contributed by atoms with E-state index in [1.807, 2.05) is 32.0 Å². The second kappa shape index (κ2) is 3.56. The van der Waals surface area contributed by atoms with Crippen LogP contribution in [0.3, 0.4) is 0 Å². The average molecular weight is 235 g/mol. The molecule has 1 aromatic carbocycles. The summed E-state index contributed by atoms with van der Waals surface area (Å²) in [4.78, 5) is 4.16. The third kappa shape index (κ3) is 1.93. The largest absolute Gasteiger partial charge is 0.236 e. The maximum Gasteiger partial charge on any atom is 0.192 e. The Morgan fingerprint density at radius 3 is 2.44 bits per heavy atom. The van der Waals surface area contributed by atoms with Crippen LogP contribution in [0.25, 0.3) is 10.9 Å². The highest BCUT2D eigenvalue weighted by Gasteiger charge is 2.11. The van der Waals surface area contributed by atoms with Crippen molar-refractivity contribution >= 4 is 20.7 Å². The van der Waals surface area contributed by atoms with Gasteiger partial charge in [-0.05, 0) is 37.6 Å². The van der Waals surface area contributed by atoms with Crippen LogP contribution in [0.1, 0.15) is 11.1 Å². The van der Waals surface area contributed by atoms with Gasteiger partial charge in [-0.2, -0.15) is 0 Å². The SMILES string of the molecule is Cc1ccc2nc(S(C)(=O)=O)cc(C)c2c1. The van der Waals surface area contributed by atoms with Crippen LogP contribution in [0, 0.1) is 13.8 Å². The molecule has 16 heavy (non-hydrogen) atoms. The Kier molecular flexibility index (Phi) is 2.46. The van der Waals surface area contributed by atoms with Gasteiger partial charge < -0.3 is 0 Å². The van der Waals surface area contributed by atoms with Crippen LogP contribution >= 0.6 is 0 Å². The van der Waals surface area contributed by atoms with Gasteiger partial charge in [0.1, 0.15) is 0 Å². The van der Waals surface area contributed by atoms with E-state index in [1.165, 1.54) is 6.26 Å². The molecule has 0 saturated heterocycles. The lowest BCUT2D eigenvalue weighted by molar-refractivity contribution is 0.598. The molecule has 0 aliphatic heterocycles. The molecule has 0 aliphatic rings. The van der Waals surface area contributed by atoms with Gasteiger partial charge in [-0.15, -0.1) is 0 Å². The van der Waals surface area contributed by atoms with Crippen molar-refractivity contribution in [3.63, 3.8) is 0 Å². The third-order valence-corrected chi connectivity index (χ3v) is 3.50. The van der Waals surface area contributed by atoms with Gasteiger partial charge in [0.15, 0.2) is 14.9 Å². The van der Waals surface area contributed by atoms with E-state index in [4.69, 9.17) is 0 Å². The van der Waals surface area contributed by atoms with Crippen molar-refractivity contribution < 1.29 is 8.42 Å². The lowest BCUT2D eigenvalue weighted by Crippen LogP contribution is -2.01. The van der Waals surface area contributed by atoms with Gasteiger partial charge >= 0.3 is 0 Å². The molecular formula is C12H13NO2S. The van der Waals surface area contributed by atoms with Crippen LogP contribution in [0.15, 0.2) is 29.3 Å². The highest BCUT2D eigenvalue weighted by atomic mass is 32.2. The first-order valence-corrected chi connectivity index (χ1v) is 6.85. The Balaban J connectivity index is 2.84. The number of rotatable bonds is 1. The molecule has 0 N–H and O–H groups in total. The fourth-order valence-corrected chi connectivity index (χ4v) is 2.32. The number of hydrogen-bond donors (Lipinski definition) is 0. The lowest BCUT2D eigenvalue weighted by atomic mass is 10.1. The number of hydrogen-bond acceptors (Lipinski definition) is 3. The summed E-state index contributed by atoms with van der Waals surface area (Å²) in [7, 11) is -3.24. The molecule has 0 atom stereocenters. The minimum atomic E-state index is -3.24. The fraction of sp³-hybridized carbons (Fsp3) is 0.250. The molecular weight excluding hydrogens is 222 g/mol. The van der Waals surface area contributed by atoms with Crippen molar-refractivity contribution in [3.8, 4) is 0 Å². The molecule has 0 aliphatic carbocycles. The van der Waals surface area contributed by atoms with Gasteiger partial charge in [0, 0.05) is 11.6 Å². The topological polar surface area (TPSA) is 47.0 Å². The highest BCUT2D eigenvalue weighted by Crippen LogP contribution is 2.21. The molecule has 3 nitrogen and oxygen atoms in total. The summed E-state index contributed by atoms with van der Waals surface area (Å²) in [6.45, 7) is 3.90. The van der Waals surface area contributed by atoms with Gasteiger partial charge in [-0.25, -0.2) is 13.4 Å². The molecule has 4 heteroatoms. The quantitative estimate of drug-likeness (QED) is 0.761. The predicted octanol–water partition coefficient (Wildman–Crippen LogP) is 2.26. The maximum absolute atomic E-state index is 11.4. The zero-order valence-electron chi connectivity index (χ0n) is 9.48. The summed E-state index contributed by atoms with van der Waals surface area (Å²) >= 11 is 0. The summed E-state index contributed by atoms with van der Waals surface area (Å²) in [5.41, 5.74) is 2.81. The van der Waals surface area contributed by atoms with Crippen LogP contribution in [0.5, 0.6) is 0 Å². The van der Waals surface area contributed by atoms with E-state index >= 15 is 0 Å². The Morgan fingerprint density at radius 2 is 1.81 bits per heavy atom. The van der Waals surface area contributed by atoms with Crippen molar-refractivity contribution in [2.75, 3.05) is 6.26 Å². The van der Waals surface area contributed by atoms with Crippen molar-refractivity contribution in [1.82, 2.24) is 4.98 Å². The van der Waals surface area contributed by atoms with Gasteiger partial charge in [0.05, 0.1) is 5.52 Å². The third-order valence-electron chi connectivity index (χ3n) is 2.53. The molecule has 2 aromatic rings. The second-order valence-corrected chi connectivity index (χ2v) is 6.03. The van der Waals surface area contributed by atoms with Gasteiger partial charge in [-0.1, -0.05) is 11.6 Å². The van der Waals surface area contributed by atoms with Gasteiger partial charge in [0.25, 0.3) is 0 Å². The number of benzene rings is 1. The number of pyridine rings is 1. The van der Waals surface area contributed by atoms with Crippen molar-refractivity contribution in [3.05, 3.63) is 35.4 Å². The molecule has 0 saturated carbocycles. The molecule has 84 valence electrons. The number of aromatic nitrogens is 1. The molecule has 0 radical (unpaired) electrons. The smallest absolute Gasteiger partial charge is 0.192 e. The zero-order valence-corrected chi connectivity index (χ0v) is 10.3. The molecule has 1 aromatic heterocycles. The summed E-state index contributed by atoms with van der Waals surface area (Å²) in [5.74, 6) is 0. The summed E-state index contributed by atoms with van der Waals surface area (Å²) < 4.78 is 22.9. The predicted molar refractivity (Wildman–Crippen MR) is 64.3 cm³/mol. The number of nitrogens with zero attached hydrogens (tertiary/aromatic N) is 1. The average Bonchev–Trinajstić information content (AvgIpc) is 2.17. The molecule has 2 rings (SSSR count). The number of aryl methyl sites for hydroxylation is 2. The van der Waals surface area contributed by atoms with E-state index in [2.05, 4.69) is 4.98 Å². The first-order chi connectivity index (χ1) is 7.38. The van der Waals surface area contributed by atoms with Gasteiger partial charge in [0.2, 0.25) is 0 Å². The Hall–Kier alpha value is -1.42. The lowest BCUT2D eigenvalue weighted by Gasteiger charge is -2.05. The maximum atomic E-state index is 11.4. The van der Waals surface area contributed by atoms with E-state index in [0.717, 1.165) is 22.0 Å². The standard InChI is InChI=1S/C12H13NO2S/c1-8-4-5-11-10(6-8)9(2)7-12(13-11)16(3,14)15/h4-7H,1-3H3. The monoisotopic (exact) mass is 235 g/mol. The van der Waals surface area contributed by atoms with Crippen LogP contribution in [0.4, 0.5) is 0 Å². The molecule has 0 fully saturated rings. The van der Waals surface area contributed by atoms with Crippen LogP contribution in [-0.4, -0.2) is 19.7 Å². The highest BCUT2D eigenvalue weighted by molar-refractivity contribution is 7.90. The van der Waals surface area contributed by atoms with Crippen molar-refractivity contribution in [2.24, 2.45) is 0 Å². The molecule has 0 amide bonds.